The highest BCUT2D eigenvalue weighted by Gasteiger charge is 2.33. The lowest BCUT2D eigenvalue weighted by Crippen LogP contribution is -2.22. The predicted molar refractivity (Wildman–Crippen MR) is 100 cm³/mol. The van der Waals surface area contributed by atoms with Gasteiger partial charge in [0.2, 0.25) is 0 Å². The lowest BCUT2D eigenvalue weighted by Gasteiger charge is -2.13. The third-order valence-electron chi connectivity index (χ3n) is 3.71. The van der Waals surface area contributed by atoms with Gasteiger partial charge in [0.15, 0.2) is 6.61 Å². The highest BCUT2D eigenvalue weighted by atomic mass is 32.1. The zero-order chi connectivity index (χ0) is 20.1. The number of halogens is 3. The zero-order valence-electron chi connectivity index (χ0n) is 14.3. The first-order valence-corrected chi connectivity index (χ1v) is 8.95. The molecule has 1 aromatic heterocycles. The monoisotopic (exact) mass is 405 g/mol. The van der Waals surface area contributed by atoms with Crippen molar-refractivity contribution >= 4 is 28.9 Å². The number of rotatable bonds is 5. The van der Waals surface area contributed by atoms with Crippen molar-refractivity contribution in [2.24, 2.45) is 0 Å². The van der Waals surface area contributed by atoms with Crippen LogP contribution < -0.4 is 5.32 Å². The molecule has 0 aliphatic carbocycles. The lowest BCUT2D eigenvalue weighted by molar-refractivity contribution is -0.137. The average molecular weight is 405 g/mol. The Bertz CT molecular complexity index is 984. The molecular formula is C20H14F3NO3S. The van der Waals surface area contributed by atoms with Crippen LogP contribution in [0.15, 0.2) is 66.7 Å². The largest absolute Gasteiger partial charge is 0.451 e. The minimum absolute atomic E-state index is 0.294. The Morgan fingerprint density at radius 2 is 1.61 bits per heavy atom. The van der Waals surface area contributed by atoms with Crippen LogP contribution in [0.1, 0.15) is 15.2 Å². The van der Waals surface area contributed by atoms with E-state index in [2.05, 4.69) is 5.32 Å². The second-order valence-electron chi connectivity index (χ2n) is 5.70. The smallest absolute Gasteiger partial charge is 0.418 e. The molecule has 3 aromatic rings. The van der Waals surface area contributed by atoms with Crippen LogP contribution in [-0.2, 0) is 15.7 Å². The summed E-state index contributed by atoms with van der Waals surface area (Å²) < 4.78 is 43.7. The molecule has 0 radical (unpaired) electrons. The minimum atomic E-state index is -4.61. The number of nitrogens with one attached hydrogen (secondary N) is 1. The first kappa shape index (κ1) is 19.6. The van der Waals surface area contributed by atoms with E-state index in [0.717, 1.165) is 22.6 Å². The van der Waals surface area contributed by atoms with E-state index < -0.39 is 35.9 Å². The maximum Gasteiger partial charge on any atom is 0.418 e. The van der Waals surface area contributed by atoms with E-state index in [9.17, 15) is 22.8 Å². The fraction of sp³-hybridized carbons (Fsp3) is 0.100. The highest BCUT2D eigenvalue weighted by Crippen LogP contribution is 2.34. The van der Waals surface area contributed by atoms with Crippen molar-refractivity contribution in [3.05, 3.63) is 77.2 Å². The third kappa shape index (κ3) is 4.77. The summed E-state index contributed by atoms with van der Waals surface area (Å²) in [7, 11) is 0. The number of hydrogen-bond acceptors (Lipinski definition) is 4. The molecule has 0 spiro atoms. The molecule has 4 nitrogen and oxygen atoms in total. The summed E-state index contributed by atoms with van der Waals surface area (Å²) in [6.07, 6.45) is -4.61. The van der Waals surface area contributed by atoms with Crippen molar-refractivity contribution in [3.8, 4) is 10.4 Å². The van der Waals surface area contributed by atoms with Crippen LogP contribution in [0.2, 0.25) is 0 Å². The van der Waals surface area contributed by atoms with Crippen LogP contribution in [-0.4, -0.2) is 18.5 Å². The van der Waals surface area contributed by atoms with Crippen LogP contribution in [0.3, 0.4) is 0 Å². The number of alkyl halides is 3. The van der Waals surface area contributed by atoms with Gasteiger partial charge in [0.05, 0.1) is 11.3 Å². The number of para-hydroxylation sites is 1. The number of carbonyl (C=O) groups is 2. The highest BCUT2D eigenvalue weighted by molar-refractivity contribution is 7.17. The lowest BCUT2D eigenvalue weighted by atomic mass is 10.1. The van der Waals surface area contributed by atoms with Crippen LogP contribution >= 0.6 is 11.3 Å². The van der Waals surface area contributed by atoms with E-state index in [4.69, 9.17) is 4.74 Å². The Kier molecular flexibility index (Phi) is 5.79. The van der Waals surface area contributed by atoms with Gasteiger partial charge in [-0.25, -0.2) is 4.79 Å². The van der Waals surface area contributed by atoms with Gasteiger partial charge in [0, 0.05) is 4.88 Å². The van der Waals surface area contributed by atoms with Crippen molar-refractivity contribution in [1.82, 2.24) is 0 Å². The van der Waals surface area contributed by atoms with Crippen molar-refractivity contribution in [2.75, 3.05) is 11.9 Å². The van der Waals surface area contributed by atoms with Gasteiger partial charge in [-0.3, -0.25) is 4.79 Å². The minimum Gasteiger partial charge on any atom is -0.451 e. The molecule has 3 rings (SSSR count). The third-order valence-corrected chi connectivity index (χ3v) is 4.82. The van der Waals surface area contributed by atoms with Gasteiger partial charge in [-0.05, 0) is 29.8 Å². The average Bonchev–Trinajstić information content (AvgIpc) is 3.17. The van der Waals surface area contributed by atoms with E-state index in [-0.39, 0.29) is 0 Å². The van der Waals surface area contributed by atoms with E-state index in [0.29, 0.717) is 4.88 Å². The van der Waals surface area contributed by atoms with Gasteiger partial charge in [-0.2, -0.15) is 13.2 Å². The molecule has 0 fully saturated rings. The van der Waals surface area contributed by atoms with E-state index >= 15 is 0 Å². The van der Waals surface area contributed by atoms with Crippen LogP contribution in [0.5, 0.6) is 0 Å². The molecule has 2 aromatic carbocycles. The molecule has 0 aliphatic rings. The fourth-order valence-electron chi connectivity index (χ4n) is 2.43. The Morgan fingerprint density at radius 1 is 0.929 bits per heavy atom. The second-order valence-corrected chi connectivity index (χ2v) is 6.78. The molecule has 28 heavy (non-hydrogen) atoms. The van der Waals surface area contributed by atoms with E-state index in [1.165, 1.54) is 23.5 Å². The number of anilines is 1. The molecular weight excluding hydrogens is 391 g/mol. The van der Waals surface area contributed by atoms with Gasteiger partial charge in [0.25, 0.3) is 5.91 Å². The molecule has 0 bridgehead atoms. The van der Waals surface area contributed by atoms with Crippen molar-refractivity contribution in [1.29, 1.82) is 0 Å². The number of carbonyl (C=O) groups excluding carboxylic acids is 2. The van der Waals surface area contributed by atoms with Crippen LogP contribution in [0.25, 0.3) is 10.4 Å². The number of ether oxygens (including phenoxy) is 1. The summed E-state index contributed by atoms with van der Waals surface area (Å²) in [5, 5.41) is 2.12. The predicted octanol–water partition coefficient (Wildman–Crippen LogP) is 5.23. The molecule has 0 aliphatic heterocycles. The maximum absolute atomic E-state index is 12.9. The Balaban J connectivity index is 1.60. The molecule has 8 heteroatoms. The van der Waals surface area contributed by atoms with Gasteiger partial charge < -0.3 is 10.1 Å². The molecule has 1 heterocycles. The summed E-state index contributed by atoms with van der Waals surface area (Å²) >= 11 is 1.20. The summed E-state index contributed by atoms with van der Waals surface area (Å²) in [5.41, 5.74) is -0.424. The van der Waals surface area contributed by atoms with Crippen molar-refractivity contribution in [3.63, 3.8) is 0 Å². The van der Waals surface area contributed by atoms with Gasteiger partial charge in [-0.1, -0.05) is 42.5 Å². The zero-order valence-corrected chi connectivity index (χ0v) is 15.1. The summed E-state index contributed by atoms with van der Waals surface area (Å²) in [6.45, 7) is -0.691. The quantitative estimate of drug-likeness (QED) is 0.592. The number of thiophene rings is 1. The first-order valence-electron chi connectivity index (χ1n) is 8.13. The molecule has 0 atom stereocenters. The Morgan fingerprint density at radius 3 is 2.32 bits per heavy atom. The van der Waals surface area contributed by atoms with E-state index in [1.54, 1.807) is 12.1 Å². The number of hydrogen-bond donors (Lipinski definition) is 1. The normalized spacial score (nSPS) is 11.1. The molecule has 0 unspecified atom stereocenters. The number of amides is 1. The Hall–Kier alpha value is -3.13. The molecule has 0 saturated heterocycles. The van der Waals surface area contributed by atoms with Gasteiger partial charge in [-0.15, -0.1) is 11.3 Å². The van der Waals surface area contributed by atoms with Crippen molar-refractivity contribution in [2.45, 2.75) is 6.18 Å². The number of benzene rings is 2. The van der Waals surface area contributed by atoms with Gasteiger partial charge in [0.1, 0.15) is 4.88 Å². The fourth-order valence-corrected chi connectivity index (χ4v) is 3.34. The molecule has 1 N–H and O–H groups in total. The number of esters is 1. The SMILES string of the molecule is O=C(COC(=O)c1ccc(-c2ccccc2)s1)Nc1ccccc1C(F)(F)F. The standard InChI is InChI=1S/C20H14F3NO3S/c21-20(22,23)14-8-4-5-9-15(14)24-18(25)12-27-19(26)17-11-10-16(28-17)13-6-2-1-3-7-13/h1-11H,12H2,(H,24,25). The molecule has 1 amide bonds. The summed E-state index contributed by atoms with van der Waals surface area (Å²) in [6, 6.07) is 17.3. The Labute approximate surface area is 162 Å². The summed E-state index contributed by atoms with van der Waals surface area (Å²) in [4.78, 5) is 25.2. The first-order chi connectivity index (χ1) is 13.3. The van der Waals surface area contributed by atoms with Crippen molar-refractivity contribution < 1.29 is 27.5 Å². The summed E-state index contributed by atoms with van der Waals surface area (Å²) in [5.74, 6) is -1.57. The van der Waals surface area contributed by atoms with Crippen LogP contribution in [0, 0.1) is 0 Å². The van der Waals surface area contributed by atoms with Crippen LogP contribution in [0.4, 0.5) is 18.9 Å². The van der Waals surface area contributed by atoms with Gasteiger partial charge >= 0.3 is 12.1 Å². The van der Waals surface area contributed by atoms with E-state index in [1.807, 2.05) is 30.3 Å². The molecule has 0 saturated carbocycles. The maximum atomic E-state index is 12.9. The second kappa shape index (κ2) is 8.26. The topological polar surface area (TPSA) is 55.4 Å². The molecule has 144 valence electrons.